The predicted octanol–water partition coefficient (Wildman–Crippen LogP) is 2.13. The maximum absolute atomic E-state index is 12.4. The molecule has 7 nitrogen and oxygen atoms in total. The summed E-state index contributed by atoms with van der Waals surface area (Å²) >= 11 is 0. The van der Waals surface area contributed by atoms with Gasteiger partial charge in [-0.15, -0.1) is 0 Å². The number of hydrogen-bond acceptors (Lipinski definition) is 6. The van der Waals surface area contributed by atoms with Crippen LogP contribution in [0.5, 0.6) is 0 Å². The van der Waals surface area contributed by atoms with Gasteiger partial charge >= 0.3 is 5.63 Å². The van der Waals surface area contributed by atoms with Crippen LogP contribution < -0.4 is 10.9 Å². The molecular formula is C19H17NO6S. The highest BCUT2D eigenvalue weighted by atomic mass is 32.2. The van der Waals surface area contributed by atoms with Gasteiger partial charge in [-0.2, -0.15) is 0 Å². The molecule has 0 saturated heterocycles. The van der Waals surface area contributed by atoms with Gasteiger partial charge in [0.2, 0.25) is 5.91 Å². The summed E-state index contributed by atoms with van der Waals surface area (Å²) in [6.45, 7) is 3.69. The van der Waals surface area contributed by atoms with E-state index in [1.165, 1.54) is 6.08 Å². The van der Waals surface area contributed by atoms with Crippen LogP contribution in [-0.2, 0) is 21.1 Å². The van der Waals surface area contributed by atoms with E-state index in [9.17, 15) is 18.0 Å². The molecule has 1 aliphatic heterocycles. The molecule has 1 amide bonds. The first-order valence-electron chi connectivity index (χ1n) is 8.38. The Bertz CT molecular complexity index is 1280. The molecule has 1 N–H and O–H groups in total. The Balaban J connectivity index is 1.68. The number of nitrogens with one attached hydrogen (secondary N) is 1. The molecule has 1 aromatic carbocycles. The van der Waals surface area contributed by atoms with E-state index >= 15 is 0 Å². The summed E-state index contributed by atoms with van der Waals surface area (Å²) < 4.78 is 33.7. The van der Waals surface area contributed by atoms with Crippen molar-refractivity contribution in [2.24, 2.45) is 0 Å². The Labute approximate surface area is 154 Å². The smallest absolute Gasteiger partial charge is 0.340 e. The first-order chi connectivity index (χ1) is 12.7. The molecule has 0 spiro atoms. The SMILES string of the molecule is Cc1coc2cc3oc(=O)c(CC(=O)N[C@H]4C=CS(=O)(=O)C4)c(C)c3cc12. The van der Waals surface area contributed by atoms with Crippen molar-refractivity contribution < 1.29 is 22.0 Å². The van der Waals surface area contributed by atoms with E-state index < -0.39 is 27.4 Å². The summed E-state index contributed by atoms with van der Waals surface area (Å²) in [5, 5.41) is 5.36. The fraction of sp³-hybridized carbons (Fsp3) is 0.263. The lowest BCUT2D eigenvalue weighted by Crippen LogP contribution is -2.37. The van der Waals surface area contributed by atoms with E-state index in [4.69, 9.17) is 8.83 Å². The normalized spacial score (nSPS) is 18.4. The molecule has 0 radical (unpaired) electrons. The molecule has 1 aliphatic rings. The van der Waals surface area contributed by atoms with Crippen LogP contribution in [0.2, 0.25) is 0 Å². The van der Waals surface area contributed by atoms with Crippen molar-refractivity contribution >= 4 is 37.7 Å². The van der Waals surface area contributed by atoms with Crippen molar-refractivity contribution in [2.45, 2.75) is 26.3 Å². The van der Waals surface area contributed by atoms with Crippen LogP contribution in [0.4, 0.5) is 0 Å². The minimum absolute atomic E-state index is 0.165. The average Bonchev–Trinajstić information content (AvgIpc) is 3.12. The van der Waals surface area contributed by atoms with E-state index in [1.807, 2.05) is 13.0 Å². The van der Waals surface area contributed by atoms with Gasteiger partial charge in [0.1, 0.15) is 11.2 Å². The molecule has 1 atom stereocenters. The lowest BCUT2D eigenvalue weighted by atomic mass is 10.0. The maximum Gasteiger partial charge on any atom is 0.340 e. The Morgan fingerprint density at radius 3 is 2.70 bits per heavy atom. The average molecular weight is 387 g/mol. The van der Waals surface area contributed by atoms with Crippen molar-refractivity contribution in [3.05, 3.63) is 57.0 Å². The third kappa shape index (κ3) is 3.16. The van der Waals surface area contributed by atoms with Crippen LogP contribution >= 0.6 is 0 Å². The quantitative estimate of drug-likeness (QED) is 0.690. The molecule has 27 heavy (non-hydrogen) atoms. The predicted molar refractivity (Wildman–Crippen MR) is 100 cm³/mol. The van der Waals surface area contributed by atoms with Crippen LogP contribution in [0, 0.1) is 13.8 Å². The van der Waals surface area contributed by atoms with Crippen molar-refractivity contribution in [3.8, 4) is 0 Å². The Morgan fingerprint density at radius 1 is 1.22 bits per heavy atom. The second-order valence-electron chi connectivity index (χ2n) is 6.77. The Hall–Kier alpha value is -2.87. The molecule has 3 heterocycles. The fourth-order valence-corrected chi connectivity index (χ4v) is 4.56. The highest BCUT2D eigenvalue weighted by Crippen LogP contribution is 2.28. The zero-order valence-corrected chi connectivity index (χ0v) is 15.6. The number of carbonyl (C=O) groups is 1. The number of sulfone groups is 1. The van der Waals surface area contributed by atoms with Crippen LogP contribution in [0.3, 0.4) is 0 Å². The molecule has 0 aliphatic carbocycles. The summed E-state index contributed by atoms with van der Waals surface area (Å²) in [5.41, 5.74) is 2.31. The molecule has 4 rings (SSSR count). The summed E-state index contributed by atoms with van der Waals surface area (Å²) in [4.78, 5) is 24.7. The summed E-state index contributed by atoms with van der Waals surface area (Å²) in [6.07, 6.45) is 2.88. The van der Waals surface area contributed by atoms with Gasteiger partial charge in [-0.3, -0.25) is 4.79 Å². The zero-order valence-electron chi connectivity index (χ0n) is 14.7. The minimum atomic E-state index is -3.26. The summed E-state index contributed by atoms with van der Waals surface area (Å²) in [6, 6.07) is 2.98. The number of fused-ring (bicyclic) bond motifs is 2. The van der Waals surface area contributed by atoms with Gasteiger partial charge in [0.05, 0.1) is 30.0 Å². The van der Waals surface area contributed by atoms with Gasteiger partial charge in [-0.05, 0) is 37.1 Å². The van der Waals surface area contributed by atoms with Crippen molar-refractivity contribution in [3.63, 3.8) is 0 Å². The number of aryl methyl sites for hydroxylation is 2. The van der Waals surface area contributed by atoms with Crippen LogP contribution in [0.15, 0.2) is 43.5 Å². The number of rotatable bonds is 3. The lowest BCUT2D eigenvalue weighted by Gasteiger charge is -2.11. The molecule has 8 heteroatoms. The number of furan rings is 1. The minimum Gasteiger partial charge on any atom is -0.464 e. The topological polar surface area (TPSA) is 107 Å². The van der Waals surface area contributed by atoms with Gasteiger partial charge in [-0.1, -0.05) is 0 Å². The number of amides is 1. The van der Waals surface area contributed by atoms with Crippen LogP contribution in [0.1, 0.15) is 16.7 Å². The molecule has 0 bridgehead atoms. The highest BCUT2D eigenvalue weighted by molar-refractivity contribution is 7.94. The summed E-state index contributed by atoms with van der Waals surface area (Å²) in [5.74, 6) is -0.598. The molecular weight excluding hydrogens is 370 g/mol. The molecule has 0 saturated carbocycles. The number of benzene rings is 1. The van der Waals surface area contributed by atoms with Gasteiger partial charge in [-0.25, -0.2) is 13.2 Å². The first kappa shape index (κ1) is 17.5. The van der Waals surface area contributed by atoms with Gasteiger partial charge in [0.15, 0.2) is 9.84 Å². The Morgan fingerprint density at radius 2 is 2.00 bits per heavy atom. The monoisotopic (exact) mass is 387 g/mol. The first-order valence-corrected chi connectivity index (χ1v) is 10.1. The van der Waals surface area contributed by atoms with E-state index in [-0.39, 0.29) is 17.7 Å². The molecule has 140 valence electrons. The van der Waals surface area contributed by atoms with Crippen molar-refractivity contribution in [2.75, 3.05) is 5.75 Å². The third-order valence-corrected chi connectivity index (χ3v) is 6.18. The fourth-order valence-electron chi connectivity index (χ4n) is 3.33. The summed E-state index contributed by atoms with van der Waals surface area (Å²) in [7, 11) is -3.26. The maximum atomic E-state index is 12.4. The van der Waals surface area contributed by atoms with Crippen LogP contribution in [0.25, 0.3) is 21.9 Å². The van der Waals surface area contributed by atoms with E-state index in [1.54, 1.807) is 19.3 Å². The second-order valence-corrected chi connectivity index (χ2v) is 8.70. The highest BCUT2D eigenvalue weighted by Gasteiger charge is 2.24. The van der Waals surface area contributed by atoms with Gasteiger partial charge in [0, 0.05) is 22.2 Å². The lowest BCUT2D eigenvalue weighted by molar-refractivity contribution is -0.120. The molecule has 2 aromatic heterocycles. The Kier molecular flexibility index (Phi) is 3.96. The number of carbonyl (C=O) groups excluding carboxylic acids is 1. The zero-order chi connectivity index (χ0) is 19.3. The van der Waals surface area contributed by atoms with E-state index in [0.717, 1.165) is 21.7 Å². The van der Waals surface area contributed by atoms with Crippen molar-refractivity contribution in [1.82, 2.24) is 5.32 Å². The third-order valence-electron chi connectivity index (χ3n) is 4.79. The number of hydrogen-bond donors (Lipinski definition) is 1. The molecule has 0 fully saturated rings. The molecule has 0 unspecified atom stereocenters. The van der Waals surface area contributed by atoms with Gasteiger partial charge in [0.25, 0.3) is 0 Å². The molecule has 3 aromatic rings. The largest absolute Gasteiger partial charge is 0.464 e. The van der Waals surface area contributed by atoms with Crippen LogP contribution in [-0.4, -0.2) is 26.1 Å². The second kappa shape index (κ2) is 6.09. The van der Waals surface area contributed by atoms with Crippen molar-refractivity contribution in [1.29, 1.82) is 0 Å². The van der Waals surface area contributed by atoms with E-state index in [0.29, 0.717) is 16.7 Å². The standard InChI is InChI=1S/C19H17NO6S/c1-10-8-25-16-7-17-14(5-13(10)16)11(2)15(19(22)26-17)6-18(21)20-12-3-4-27(23,24)9-12/h3-5,7-8,12H,6,9H2,1-2H3,(H,20,21)/t12-/m0/s1. The van der Waals surface area contributed by atoms with E-state index in [2.05, 4.69) is 5.32 Å². The van der Waals surface area contributed by atoms with Gasteiger partial charge < -0.3 is 14.2 Å².